The molecular weight excluding hydrogens is 254 g/mol. The molecule has 2 aromatic rings. The molecule has 3 N–H and O–H groups in total. The largest absolute Gasteiger partial charge is 0.384 e. The van der Waals surface area contributed by atoms with Crippen LogP contribution in [0.1, 0.15) is 6.42 Å². The van der Waals surface area contributed by atoms with E-state index in [1.807, 2.05) is 36.2 Å². The second-order valence-electron chi connectivity index (χ2n) is 4.34. The van der Waals surface area contributed by atoms with Crippen LogP contribution in [-0.2, 0) is 0 Å². The molecule has 0 saturated heterocycles. The van der Waals surface area contributed by atoms with E-state index in [-0.39, 0.29) is 6.04 Å². The van der Waals surface area contributed by atoms with Crippen molar-refractivity contribution in [3.05, 3.63) is 54.9 Å². The third-order valence-corrected chi connectivity index (χ3v) is 3.91. The van der Waals surface area contributed by atoms with Gasteiger partial charge in [0, 0.05) is 35.6 Å². The number of hydrogen-bond acceptors (Lipinski definition) is 4. The number of nitrogens with zero attached hydrogens (tertiary/aromatic N) is 1. The van der Waals surface area contributed by atoms with Gasteiger partial charge in [0.25, 0.3) is 0 Å². The fourth-order valence-electron chi connectivity index (χ4n) is 1.67. The normalized spacial score (nSPS) is 12.1. The summed E-state index contributed by atoms with van der Waals surface area (Å²) in [6, 6.07) is 14.5. The SMILES string of the molecule is N[C@H](CCNc1cccnc1)CSc1ccccc1. The van der Waals surface area contributed by atoms with E-state index in [9.17, 15) is 0 Å². The van der Waals surface area contributed by atoms with Crippen molar-refractivity contribution in [3.63, 3.8) is 0 Å². The fraction of sp³-hybridized carbons (Fsp3) is 0.267. The first kappa shape index (κ1) is 13.9. The van der Waals surface area contributed by atoms with Crippen LogP contribution in [0, 0.1) is 0 Å². The summed E-state index contributed by atoms with van der Waals surface area (Å²) in [4.78, 5) is 5.34. The average molecular weight is 273 g/mol. The number of hydrogen-bond donors (Lipinski definition) is 2. The summed E-state index contributed by atoms with van der Waals surface area (Å²) in [7, 11) is 0. The maximum Gasteiger partial charge on any atom is 0.0526 e. The molecule has 3 nitrogen and oxygen atoms in total. The highest BCUT2D eigenvalue weighted by molar-refractivity contribution is 7.99. The number of pyridine rings is 1. The predicted octanol–water partition coefficient (Wildman–Crippen LogP) is 3.00. The van der Waals surface area contributed by atoms with Crippen LogP contribution in [0.2, 0.25) is 0 Å². The summed E-state index contributed by atoms with van der Waals surface area (Å²) in [5.74, 6) is 0.943. The minimum absolute atomic E-state index is 0.203. The van der Waals surface area contributed by atoms with Crippen molar-refractivity contribution >= 4 is 17.4 Å². The summed E-state index contributed by atoms with van der Waals surface area (Å²) in [5, 5.41) is 3.32. The summed E-state index contributed by atoms with van der Waals surface area (Å²) in [5.41, 5.74) is 7.16. The quantitative estimate of drug-likeness (QED) is 0.761. The first-order valence-corrected chi connectivity index (χ1v) is 7.40. The minimum Gasteiger partial charge on any atom is -0.384 e. The van der Waals surface area contributed by atoms with Crippen molar-refractivity contribution < 1.29 is 0 Å². The fourth-order valence-corrected chi connectivity index (χ4v) is 2.60. The van der Waals surface area contributed by atoms with Crippen molar-refractivity contribution in [2.45, 2.75) is 17.4 Å². The van der Waals surface area contributed by atoms with Gasteiger partial charge < -0.3 is 11.1 Å². The molecule has 0 aliphatic rings. The number of anilines is 1. The number of rotatable bonds is 7. The van der Waals surface area contributed by atoms with E-state index < -0.39 is 0 Å². The van der Waals surface area contributed by atoms with Crippen molar-refractivity contribution in [2.24, 2.45) is 5.73 Å². The van der Waals surface area contributed by atoms with E-state index in [0.29, 0.717) is 0 Å². The first-order chi connectivity index (χ1) is 9.34. The molecule has 0 saturated carbocycles. The molecule has 19 heavy (non-hydrogen) atoms. The number of aromatic nitrogens is 1. The molecule has 100 valence electrons. The first-order valence-electron chi connectivity index (χ1n) is 6.42. The van der Waals surface area contributed by atoms with Crippen molar-refractivity contribution in [1.82, 2.24) is 4.98 Å². The lowest BCUT2D eigenvalue weighted by Gasteiger charge is -2.12. The van der Waals surface area contributed by atoms with Crippen LogP contribution < -0.4 is 11.1 Å². The van der Waals surface area contributed by atoms with Gasteiger partial charge in [0.2, 0.25) is 0 Å². The number of benzene rings is 1. The van der Waals surface area contributed by atoms with E-state index in [1.165, 1.54) is 4.90 Å². The monoisotopic (exact) mass is 273 g/mol. The Morgan fingerprint density at radius 3 is 2.74 bits per heavy atom. The van der Waals surface area contributed by atoms with Crippen molar-refractivity contribution in [2.75, 3.05) is 17.6 Å². The highest BCUT2D eigenvalue weighted by Gasteiger charge is 2.03. The van der Waals surface area contributed by atoms with Crippen LogP contribution >= 0.6 is 11.8 Å². The molecule has 1 atom stereocenters. The van der Waals surface area contributed by atoms with E-state index >= 15 is 0 Å². The topological polar surface area (TPSA) is 50.9 Å². The third-order valence-electron chi connectivity index (χ3n) is 2.71. The van der Waals surface area contributed by atoms with Crippen molar-refractivity contribution in [1.29, 1.82) is 0 Å². The van der Waals surface area contributed by atoms with Gasteiger partial charge in [-0.15, -0.1) is 11.8 Å². The van der Waals surface area contributed by atoms with Gasteiger partial charge in [-0.3, -0.25) is 4.98 Å². The molecule has 0 fully saturated rings. The zero-order valence-electron chi connectivity index (χ0n) is 10.8. The molecule has 1 aromatic carbocycles. The maximum absolute atomic E-state index is 6.11. The van der Waals surface area contributed by atoms with Gasteiger partial charge in [-0.2, -0.15) is 0 Å². The highest BCUT2D eigenvalue weighted by Crippen LogP contribution is 2.18. The second kappa shape index (κ2) is 7.81. The summed E-state index contributed by atoms with van der Waals surface area (Å²) in [6.45, 7) is 0.877. The molecule has 0 spiro atoms. The molecule has 1 heterocycles. The molecule has 1 aromatic heterocycles. The Kier molecular flexibility index (Phi) is 5.72. The van der Waals surface area contributed by atoms with E-state index in [2.05, 4.69) is 34.6 Å². The maximum atomic E-state index is 6.11. The van der Waals surface area contributed by atoms with Gasteiger partial charge in [0.15, 0.2) is 0 Å². The van der Waals surface area contributed by atoms with Gasteiger partial charge in [0.1, 0.15) is 0 Å². The minimum atomic E-state index is 0.203. The second-order valence-corrected chi connectivity index (χ2v) is 5.43. The van der Waals surface area contributed by atoms with Crippen molar-refractivity contribution in [3.8, 4) is 0 Å². The lowest BCUT2D eigenvalue weighted by molar-refractivity contribution is 0.699. The van der Waals surface area contributed by atoms with Crippen LogP contribution in [-0.4, -0.2) is 23.3 Å². The smallest absolute Gasteiger partial charge is 0.0526 e. The molecule has 0 aliphatic carbocycles. The number of nitrogens with two attached hydrogens (primary N) is 1. The Hall–Kier alpha value is -1.52. The van der Waals surface area contributed by atoms with E-state index in [1.54, 1.807) is 6.20 Å². The molecule has 0 unspecified atom stereocenters. The zero-order valence-corrected chi connectivity index (χ0v) is 11.6. The lowest BCUT2D eigenvalue weighted by Crippen LogP contribution is -2.25. The lowest BCUT2D eigenvalue weighted by atomic mass is 10.2. The van der Waals surface area contributed by atoms with Crippen LogP contribution in [0.5, 0.6) is 0 Å². The summed E-state index contributed by atoms with van der Waals surface area (Å²) in [6.07, 6.45) is 4.55. The van der Waals surface area contributed by atoms with Crippen LogP contribution in [0.15, 0.2) is 59.8 Å². The van der Waals surface area contributed by atoms with Gasteiger partial charge >= 0.3 is 0 Å². The average Bonchev–Trinajstić information content (AvgIpc) is 2.47. The molecule has 0 radical (unpaired) electrons. The standard InChI is InChI=1S/C15H19N3S/c16-13(12-19-15-6-2-1-3-7-15)8-10-18-14-5-4-9-17-11-14/h1-7,9,11,13,18H,8,10,12,16H2/t13-/m1/s1. The Balaban J connectivity index is 1.64. The molecule has 2 rings (SSSR count). The van der Waals surface area contributed by atoms with Crippen LogP contribution in [0.25, 0.3) is 0 Å². The molecule has 0 aliphatic heterocycles. The van der Waals surface area contributed by atoms with Gasteiger partial charge in [0.05, 0.1) is 5.69 Å². The predicted molar refractivity (Wildman–Crippen MR) is 82.5 cm³/mol. The molecule has 0 amide bonds. The number of thioether (sulfide) groups is 1. The van der Waals surface area contributed by atoms with Crippen LogP contribution in [0.3, 0.4) is 0 Å². The Morgan fingerprint density at radius 2 is 2.00 bits per heavy atom. The summed E-state index contributed by atoms with van der Waals surface area (Å²) < 4.78 is 0. The number of nitrogens with one attached hydrogen (secondary N) is 1. The zero-order chi connectivity index (χ0) is 13.3. The van der Waals surface area contributed by atoms with Gasteiger partial charge in [-0.1, -0.05) is 18.2 Å². The van der Waals surface area contributed by atoms with Gasteiger partial charge in [-0.25, -0.2) is 0 Å². The van der Waals surface area contributed by atoms with E-state index in [0.717, 1.165) is 24.4 Å². The Morgan fingerprint density at radius 1 is 1.16 bits per heavy atom. The van der Waals surface area contributed by atoms with Gasteiger partial charge in [-0.05, 0) is 30.7 Å². The van der Waals surface area contributed by atoms with Crippen LogP contribution in [0.4, 0.5) is 5.69 Å². The third kappa shape index (κ3) is 5.32. The molecular formula is C15H19N3S. The highest BCUT2D eigenvalue weighted by atomic mass is 32.2. The van der Waals surface area contributed by atoms with E-state index in [4.69, 9.17) is 5.73 Å². The Labute approximate surface area is 118 Å². The molecule has 0 bridgehead atoms. The molecule has 4 heteroatoms. The summed E-state index contributed by atoms with van der Waals surface area (Å²) >= 11 is 1.81. The Bertz CT molecular complexity index is 461.